The SMILES string of the molecule is Cc1cc(Oc2nncc3ccccc23)ccc1Br. The first kappa shape index (κ1) is 12.1. The van der Waals surface area contributed by atoms with E-state index in [0.29, 0.717) is 5.88 Å². The lowest BCUT2D eigenvalue weighted by Crippen LogP contribution is -1.92. The zero-order chi connectivity index (χ0) is 13.2. The summed E-state index contributed by atoms with van der Waals surface area (Å²) in [5, 5.41) is 10.0. The second-order valence-corrected chi connectivity index (χ2v) is 5.10. The summed E-state index contributed by atoms with van der Waals surface area (Å²) in [6.07, 6.45) is 1.73. The molecule has 0 aliphatic heterocycles. The van der Waals surface area contributed by atoms with Crippen LogP contribution in [-0.2, 0) is 0 Å². The Balaban J connectivity index is 2.03. The van der Waals surface area contributed by atoms with Gasteiger partial charge in [0.25, 0.3) is 0 Å². The lowest BCUT2D eigenvalue weighted by molar-refractivity contribution is 0.461. The second kappa shape index (κ2) is 4.97. The Morgan fingerprint density at radius 3 is 2.79 bits per heavy atom. The highest BCUT2D eigenvalue weighted by atomic mass is 79.9. The third-order valence-corrected chi connectivity index (χ3v) is 3.77. The molecule has 0 unspecified atom stereocenters. The van der Waals surface area contributed by atoms with Crippen molar-refractivity contribution >= 4 is 26.7 Å². The standard InChI is InChI=1S/C15H11BrN2O/c1-10-8-12(6-7-14(10)16)19-15-13-5-3-2-4-11(13)9-17-18-15/h2-9H,1H3. The molecule has 1 aromatic heterocycles. The maximum absolute atomic E-state index is 5.83. The van der Waals surface area contributed by atoms with Crippen LogP contribution in [0.1, 0.15) is 5.56 Å². The molecule has 0 spiro atoms. The minimum absolute atomic E-state index is 0.528. The topological polar surface area (TPSA) is 35.0 Å². The zero-order valence-corrected chi connectivity index (χ0v) is 11.9. The molecule has 0 N–H and O–H groups in total. The number of benzene rings is 2. The van der Waals surface area contributed by atoms with Gasteiger partial charge in [0.2, 0.25) is 5.88 Å². The van der Waals surface area contributed by atoms with Gasteiger partial charge in [0.15, 0.2) is 0 Å². The molecule has 4 heteroatoms. The van der Waals surface area contributed by atoms with Crippen LogP contribution >= 0.6 is 15.9 Å². The van der Waals surface area contributed by atoms with Gasteiger partial charge in [-0.2, -0.15) is 5.10 Å². The smallest absolute Gasteiger partial charge is 0.246 e. The fourth-order valence-corrected chi connectivity index (χ4v) is 2.12. The molecule has 0 atom stereocenters. The molecular formula is C15H11BrN2O. The Bertz CT molecular complexity index is 738. The van der Waals surface area contributed by atoms with Gasteiger partial charge >= 0.3 is 0 Å². The van der Waals surface area contributed by atoms with Crippen LogP contribution in [0.3, 0.4) is 0 Å². The Morgan fingerprint density at radius 1 is 1.11 bits per heavy atom. The van der Waals surface area contributed by atoms with Crippen molar-refractivity contribution in [3.63, 3.8) is 0 Å². The van der Waals surface area contributed by atoms with Gasteiger partial charge in [-0.3, -0.25) is 0 Å². The predicted molar refractivity (Wildman–Crippen MR) is 78.5 cm³/mol. The van der Waals surface area contributed by atoms with Gasteiger partial charge in [-0.15, -0.1) is 5.10 Å². The van der Waals surface area contributed by atoms with E-state index < -0.39 is 0 Å². The molecule has 3 nitrogen and oxygen atoms in total. The highest BCUT2D eigenvalue weighted by Gasteiger charge is 2.06. The summed E-state index contributed by atoms with van der Waals surface area (Å²) in [4.78, 5) is 0. The third-order valence-electron chi connectivity index (χ3n) is 2.88. The summed E-state index contributed by atoms with van der Waals surface area (Å²) in [6.45, 7) is 2.02. The molecule has 0 fully saturated rings. The van der Waals surface area contributed by atoms with Crippen molar-refractivity contribution in [1.82, 2.24) is 10.2 Å². The van der Waals surface area contributed by atoms with E-state index in [-0.39, 0.29) is 0 Å². The normalized spacial score (nSPS) is 10.6. The number of ether oxygens (including phenoxy) is 1. The molecule has 3 aromatic rings. The minimum Gasteiger partial charge on any atom is -0.437 e. The molecule has 0 aliphatic carbocycles. The van der Waals surface area contributed by atoms with Crippen molar-refractivity contribution in [2.75, 3.05) is 0 Å². The van der Waals surface area contributed by atoms with E-state index in [9.17, 15) is 0 Å². The number of aromatic nitrogens is 2. The first-order chi connectivity index (χ1) is 9.24. The van der Waals surface area contributed by atoms with Crippen molar-refractivity contribution in [2.45, 2.75) is 6.92 Å². The predicted octanol–water partition coefficient (Wildman–Crippen LogP) is 4.49. The summed E-state index contributed by atoms with van der Waals surface area (Å²) in [5.74, 6) is 1.28. The fraction of sp³-hybridized carbons (Fsp3) is 0.0667. The van der Waals surface area contributed by atoms with Crippen LogP contribution in [0.15, 0.2) is 53.1 Å². The molecule has 0 amide bonds. The Labute approximate surface area is 119 Å². The number of fused-ring (bicyclic) bond motifs is 1. The average Bonchev–Trinajstić information content (AvgIpc) is 2.43. The molecule has 0 saturated heterocycles. The third kappa shape index (κ3) is 2.44. The molecule has 94 valence electrons. The zero-order valence-electron chi connectivity index (χ0n) is 10.3. The number of halogens is 1. The Kier molecular flexibility index (Phi) is 3.17. The van der Waals surface area contributed by atoms with Crippen molar-refractivity contribution < 1.29 is 4.74 Å². The van der Waals surface area contributed by atoms with Crippen LogP contribution in [0, 0.1) is 6.92 Å². The molecule has 3 rings (SSSR count). The number of hydrogen-bond acceptors (Lipinski definition) is 3. The van der Waals surface area contributed by atoms with Crippen LogP contribution in [0.5, 0.6) is 11.6 Å². The van der Waals surface area contributed by atoms with E-state index in [1.807, 2.05) is 49.4 Å². The van der Waals surface area contributed by atoms with E-state index in [4.69, 9.17) is 4.74 Å². The molecule has 19 heavy (non-hydrogen) atoms. The molecule has 0 bridgehead atoms. The van der Waals surface area contributed by atoms with Crippen LogP contribution in [0.2, 0.25) is 0 Å². The van der Waals surface area contributed by atoms with Crippen LogP contribution in [0.4, 0.5) is 0 Å². The van der Waals surface area contributed by atoms with Gasteiger partial charge < -0.3 is 4.74 Å². The number of aryl methyl sites for hydroxylation is 1. The monoisotopic (exact) mass is 314 g/mol. The van der Waals surface area contributed by atoms with Gasteiger partial charge in [0, 0.05) is 15.2 Å². The van der Waals surface area contributed by atoms with E-state index in [1.165, 1.54) is 0 Å². The molecule has 1 heterocycles. The molecule has 0 saturated carbocycles. The van der Waals surface area contributed by atoms with Gasteiger partial charge in [-0.1, -0.05) is 34.1 Å². The minimum atomic E-state index is 0.528. The molecule has 0 radical (unpaired) electrons. The molecule has 2 aromatic carbocycles. The highest BCUT2D eigenvalue weighted by Crippen LogP contribution is 2.29. The number of rotatable bonds is 2. The van der Waals surface area contributed by atoms with E-state index in [1.54, 1.807) is 6.20 Å². The number of hydrogen-bond donors (Lipinski definition) is 0. The van der Waals surface area contributed by atoms with Gasteiger partial charge in [-0.25, -0.2) is 0 Å². The lowest BCUT2D eigenvalue weighted by Gasteiger charge is -2.08. The summed E-state index contributed by atoms with van der Waals surface area (Å²) in [5.41, 5.74) is 1.12. The Morgan fingerprint density at radius 2 is 1.95 bits per heavy atom. The van der Waals surface area contributed by atoms with Crippen molar-refractivity contribution in [1.29, 1.82) is 0 Å². The molecular weight excluding hydrogens is 304 g/mol. The summed E-state index contributed by atoms with van der Waals surface area (Å²) < 4.78 is 6.89. The Hall–Kier alpha value is -1.94. The maximum Gasteiger partial charge on any atom is 0.246 e. The van der Waals surface area contributed by atoms with Crippen LogP contribution in [-0.4, -0.2) is 10.2 Å². The average molecular weight is 315 g/mol. The van der Waals surface area contributed by atoms with E-state index in [2.05, 4.69) is 26.1 Å². The van der Waals surface area contributed by atoms with Crippen molar-refractivity contribution in [3.8, 4) is 11.6 Å². The highest BCUT2D eigenvalue weighted by molar-refractivity contribution is 9.10. The second-order valence-electron chi connectivity index (χ2n) is 4.25. The van der Waals surface area contributed by atoms with Crippen LogP contribution in [0.25, 0.3) is 10.8 Å². The lowest BCUT2D eigenvalue weighted by atomic mass is 10.2. The maximum atomic E-state index is 5.83. The van der Waals surface area contributed by atoms with E-state index >= 15 is 0 Å². The quantitative estimate of drug-likeness (QED) is 0.699. The molecule has 0 aliphatic rings. The van der Waals surface area contributed by atoms with E-state index in [0.717, 1.165) is 26.6 Å². The summed E-state index contributed by atoms with van der Waals surface area (Å²) >= 11 is 3.47. The van der Waals surface area contributed by atoms with Crippen LogP contribution < -0.4 is 4.74 Å². The summed E-state index contributed by atoms with van der Waals surface area (Å²) in [6, 6.07) is 13.7. The fourth-order valence-electron chi connectivity index (χ4n) is 1.87. The van der Waals surface area contributed by atoms with Crippen molar-refractivity contribution in [3.05, 3.63) is 58.7 Å². The first-order valence-corrected chi connectivity index (χ1v) is 6.68. The first-order valence-electron chi connectivity index (χ1n) is 5.88. The van der Waals surface area contributed by atoms with Crippen molar-refractivity contribution in [2.24, 2.45) is 0 Å². The van der Waals surface area contributed by atoms with Gasteiger partial charge in [-0.05, 0) is 36.8 Å². The number of nitrogens with zero attached hydrogens (tertiary/aromatic N) is 2. The summed E-state index contributed by atoms with van der Waals surface area (Å²) in [7, 11) is 0. The largest absolute Gasteiger partial charge is 0.437 e. The van der Waals surface area contributed by atoms with Gasteiger partial charge in [0.05, 0.1) is 6.20 Å². The van der Waals surface area contributed by atoms with Gasteiger partial charge in [0.1, 0.15) is 5.75 Å².